The molecule has 1 saturated carbocycles. The highest BCUT2D eigenvalue weighted by molar-refractivity contribution is 5.71. The molecular weight excluding hydrogens is 336 g/mol. The van der Waals surface area contributed by atoms with Gasteiger partial charge in [-0.3, -0.25) is 4.79 Å². The summed E-state index contributed by atoms with van der Waals surface area (Å²) in [5.74, 6) is 0. The Balaban J connectivity index is 2.01. The SMILES string of the molecule is CCc1c(C)n(C(=O)OC2CCCCC2)c(=O)n(C2CCCCO2)c1=O. The highest BCUT2D eigenvalue weighted by Gasteiger charge is 2.28. The zero-order valence-corrected chi connectivity index (χ0v) is 15.7. The lowest BCUT2D eigenvalue weighted by molar-refractivity contribution is -0.0377. The molecule has 7 nitrogen and oxygen atoms in total. The number of carbonyl (C=O) groups is 1. The summed E-state index contributed by atoms with van der Waals surface area (Å²) in [5.41, 5.74) is -0.184. The first-order valence-corrected chi connectivity index (χ1v) is 9.74. The third-order valence-corrected chi connectivity index (χ3v) is 5.45. The number of carbonyl (C=O) groups excluding carboxylic acids is 1. The predicted octanol–water partition coefficient (Wildman–Crippen LogP) is 2.90. The molecular formula is C19H28N2O5. The largest absolute Gasteiger partial charge is 0.446 e. The third kappa shape index (κ3) is 3.63. The van der Waals surface area contributed by atoms with Crippen LogP contribution in [0.1, 0.15) is 75.8 Å². The normalized spacial score (nSPS) is 21.5. The van der Waals surface area contributed by atoms with Crippen LogP contribution in [0.5, 0.6) is 0 Å². The molecule has 0 N–H and O–H groups in total. The number of aromatic nitrogens is 2. The Kier molecular flexibility index (Phi) is 5.96. The van der Waals surface area contributed by atoms with E-state index in [1.54, 1.807) is 6.92 Å². The van der Waals surface area contributed by atoms with Crippen molar-refractivity contribution < 1.29 is 14.3 Å². The second kappa shape index (κ2) is 8.20. The number of nitrogens with zero attached hydrogens (tertiary/aromatic N) is 2. The highest BCUT2D eigenvalue weighted by atomic mass is 16.6. The molecule has 1 aliphatic carbocycles. The van der Waals surface area contributed by atoms with Gasteiger partial charge < -0.3 is 9.47 Å². The highest BCUT2D eigenvalue weighted by Crippen LogP contribution is 2.22. The summed E-state index contributed by atoms with van der Waals surface area (Å²) in [4.78, 5) is 38.6. The van der Waals surface area contributed by atoms with Crippen LogP contribution in [0.4, 0.5) is 4.79 Å². The van der Waals surface area contributed by atoms with Crippen molar-refractivity contribution in [1.82, 2.24) is 9.13 Å². The van der Waals surface area contributed by atoms with Crippen LogP contribution in [0.3, 0.4) is 0 Å². The van der Waals surface area contributed by atoms with Crippen LogP contribution in [-0.2, 0) is 15.9 Å². The standard InChI is InChI=1S/C19H28N2O5/c1-3-15-13(2)20(19(24)26-14-9-5-4-6-10-14)18(23)21(17(15)22)16-11-7-8-12-25-16/h14,16H,3-12H2,1-2H3. The molecule has 1 saturated heterocycles. The van der Waals surface area contributed by atoms with E-state index >= 15 is 0 Å². The van der Waals surface area contributed by atoms with Gasteiger partial charge in [-0.1, -0.05) is 13.3 Å². The van der Waals surface area contributed by atoms with Gasteiger partial charge in [0.15, 0.2) is 0 Å². The molecule has 1 aromatic rings. The fraction of sp³-hybridized carbons (Fsp3) is 0.737. The lowest BCUT2D eigenvalue weighted by Gasteiger charge is -2.26. The number of ether oxygens (including phenoxy) is 2. The van der Waals surface area contributed by atoms with E-state index in [0.717, 1.165) is 54.1 Å². The zero-order chi connectivity index (χ0) is 18.7. The van der Waals surface area contributed by atoms with Crippen molar-refractivity contribution in [3.63, 3.8) is 0 Å². The van der Waals surface area contributed by atoms with Crippen LogP contribution in [0, 0.1) is 6.92 Å². The van der Waals surface area contributed by atoms with E-state index in [1.165, 1.54) is 0 Å². The summed E-state index contributed by atoms with van der Waals surface area (Å²) >= 11 is 0. The fourth-order valence-corrected chi connectivity index (χ4v) is 3.95. The molecule has 26 heavy (non-hydrogen) atoms. The van der Waals surface area contributed by atoms with Crippen molar-refractivity contribution in [2.75, 3.05) is 6.61 Å². The fourth-order valence-electron chi connectivity index (χ4n) is 3.95. The van der Waals surface area contributed by atoms with Crippen LogP contribution in [0.15, 0.2) is 9.59 Å². The van der Waals surface area contributed by atoms with E-state index < -0.39 is 18.0 Å². The topological polar surface area (TPSA) is 79.5 Å². The molecule has 2 fully saturated rings. The molecule has 0 radical (unpaired) electrons. The van der Waals surface area contributed by atoms with Gasteiger partial charge in [0.1, 0.15) is 12.3 Å². The molecule has 0 amide bonds. The molecule has 2 aliphatic rings. The van der Waals surface area contributed by atoms with Gasteiger partial charge in [-0.15, -0.1) is 0 Å². The molecule has 1 aliphatic heterocycles. The Bertz CT molecular complexity index is 767. The van der Waals surface area contributed by atoms with Crippen molar-refractivity contribution >= 4 is 6.09 Å². The minimum absolute atomic E-state index is 0.154. The Hall–Kier alpha value is -1.89. The molecule has 2 heterocycles. The van der Waals surface area contributed by atoms with Gasteiger partial charge in [0.2, 0.25) is 0 Å². The smallest absolute Gasteiger partial charge is 0.422 e. The average Bonchev–Trinajstić information content (AvgIpc) is 2.63. The summed E-state index contributed by atoms with van der Waals surface area (Å²) in [6.45, 7) is 3.99. The monoisotopic (exact) mass is 364 g/mol. The lowest BCUT2D eigenvalue weighted by atomic mass is 9.98. The molecule has 1 aromatic heterocycles. The second-order valence-corrected chi connectivity index (χ2v) is 7.18. The van der Waals surface area contributed by atoms with Crippen molar-refractivity contribution in [1.29, 1.82) is 0 Å². The maximum absolute atomic E-state index is 13.0. The molecule has 3 rings (SSSR count). The summed E-state index contributed by atoms with van der Waals surface area (Å²) in [6, 6.07) is 0. The maximum atomic E-state index is 13.0. The molecule has 1 unspecified atom stereocenters. The molecule has 0 bridgehead atoms. The van der Waals surface area contributed by atoms with Crippen molar-refractivity contribution in [2.45, 2.75) is 84.0 Å². The summed E-state index contributed by atoms with van der Waals surface area (Å²) in [5, 5.41) is 0. The van der Waals surface area contributed by atoms with E-state index in [9.17, 15) is 14.4 Å². The lowest BCUT2D eigenvalue weighted by Crippen LogP contribution is -2.48. The van der Waals surface area contributed by atoms with Gasteiger partial charge in [0.05, 0.1) is 0 Å². The number of hydrogen-bond donors (Lipinski definition) is 0. The van der Waals surface area contributed by atoms with Crippen LogP contribution < -0.4 is 11.2 Å². The van der Waals surface area contributed by atoms with E-state index in [2.05, 4.69) is 0 Å². The van der Waals surface area contributed by atoms with Crippen LogP contribution in [-0.4, -0.2) is 27.9 Å². The van der Waals surface area contributed by atoms with Crippen LogP contribution >= 0.6 is 0 Å². The molecule has 7 heteroatoms. The minimum Gasteiger partial charge on any atom is -0.446 e. The van der Waals surface area contributed by atoms with Gasteiger partial charge in [-0.2, -0.15) is 0 Å². The zero-order valence-electron chi connectivity index (χ0n) is 15.7. The van der Waals surface area contributed by atoms with Crippen molar-refractivity contribution in [3.8, 4) is 0 Å². The summed E-state index contributed by atoms with van der Waals surface area (Å²) in [7, 11) is 0. The first-order chi connectivity index (χ1) is 12.5. The minimum atomic E-state index is -0.682. The maximum Gasteiger partial charge on any atom is 0.422 e. The quantitative estimate of drug-likeness (QED) is 0.824. The Morgan fingerprint density at radius 3 is 2.42 bits per heavy atom. The van der Waals surface area contributed by atoms with Crippen LogP contribution in [0.25, 0.3) is 0 Å². The first kappa shape index (κ1) is 18.9. The van der Waals surface area contributed by atoms with Crippen LogP contribution in [0.2, 0.25) is 0 Å². The molecule has 1 atom stereocenters. The van der Waals surface area contributed by atoms with Crippen molar-refractivity contribution in [2.24, 2.45) is 0 Å². The number of hydrogen-bond acceptors (Lipinski definition) is 5. The Labute approximate surface area is 152 Å². The van der Waals surface area contributed by atoms with Gasteiger partial charge >= 0.3 is 11.8 Å². The Morgan fingerprint density at radius 1 is 1.12 bits per heavy atom. The average molecular weight is 364 g/mol. The molecule has 0 spiro atoms. The van der Waals surface area contributed by atoms with E-state index in [-0.39, 0.29) is 11.7 Å². The van der Waals surface area contributed by atoms with E-state index in [0.29, 0.717) is 30.7 Å². The van der Waals surface area contributed by atoms with Gasteiger partial charge in [0, 0.05) is 17.9 Å². The third-order valence-electron chi connectivity index (χ3n) is 5.45. The van der Waals surface area contributed by atoms with E-state index in [1.807, 2.05) is 6.92 Å². The van der Waals surface area contributed by atoms with Gasteiger partial charge in [-0.25, -0.2) is 18.7 Å². The van der Waals surface area contributed by atoms with Gasteiger partial charge in [-0.05, 0) is 58.3 Å². The first-order valence-electron chi connectivity index (χ1n) is 9.74. The number of rotatable bonds is 3. The summed E-state index contributed by atoms with van der Waals surface area (Å²) in [6.07, 6.45) is 6.25. The Morgan fingerprint density at radius 2 is 1.81 bits per heavy atom. The van der Waals surface area contributed by atoms with Crippen molar-refractivity contribution in [3.05, 3.63) is 32.1 Å². The summed E-state index contributed by atoms with van der Waals surface area (Å²) < 4.78 is 13.4. The van der Waals surface area contributed by atoms with Gasteiger partial charge in [0.25, 0.3) is 5.56 Å². The second-order valence-electron chi connectivity index (χ2n) is 7.18. The predicted molar refractivity (Wildman–Crippen MR) is 96.7 cm³/mol. The molecule has 0 aromatic carbocycles. The van der Waals surface area contributed by atoms with E-state index in [4.69, 9.17) is 9.47 Å². The molecule has 144 valence electrons.